The molecule has 2 aromatic rings. The summed E-state index contributed by atoms with van der Waals surface area (Å²) < 4.78 is 32.8. The molecule has 10 heteroatoms. The van der Waals surface area contributed by atoms with Crippen molar-refractivity contribution in [2.24, 2.45) is 5.14 Å². The van der Waals surface area contributed by atoms with Crippen LogP contribution in [0.25, 0.3) is 0 Å². The van der Waals surface area contributed by atoms with Crippen LogP contribution in [0, 0.1) is 0 Å². The summed E-state index contributed by atoms with van der Waals surface area (Å²) in [6.07, 6.45) is 0. The molecule has 0 saturated carbocycles. The van der Waals surface area contributed by atoms with E-state index in [9.17, 15) is 18.0 Å². The number of benzene rings is 1. The van der Waals surface area contributed by atoms with Gasteiger partial charge in [0, 0.05) is 4.88 Å². The molecule has 1 heterocycles. The summed E-state index contributed by atoms with van der Waals surface area (Å²) in [7, 11) is -2.68. The number of amides is 1. The SMILES string of the molecule is COc1ccc(S(N)(=O)=O)cc1C(=O)OCC(=O)N[C@@H](C)c1cccs1. The number of methoxy groups -OCH3 is 1. The smallest absolute Gasteiger partial charge is 0.342 e. The number of hydrogen-bond acceptors (Lipinski definition) is 7. The lowest BCUT2D eigenvalue weighted by molar-refractivity contribution is -0.124. The molecular formula is C16H18N2O6S2. The van der Waals surface area contributed by atoms with E-state index in [0.29, 0.717) is 0 Å². The summed E-state index contributed by atoms with van der Waals surface area (Å²) in [5, 5.41) is 9.65. The Morgan fingerprint density at radius 2 is 2.04 bits per heavy atom. The number of nitrogens with one attached hydrogen (secondary N) is 1. The first-order chi connectivity index (χ1) is 12.2. The van der Waals surface area contributed by atoms with Crippen LogP contribution in [0.1, 0.15) is 28.2 Å². The maximum atomic E-state index is 12.2. The van der Waals surface area contributed by atoms with Crippen LogP contribution in [0.2, 0.25) is 0 Å². The molecule has 8 nitrogen and oxygen atoms in total. The standard InChI is InChI=1S/C16H18N2O6S2/c1-10(14-4-3-7-25-14)18-15(19)9-24-16(20)12-8-11(26(17,21)22)5-6-13(12)23-2/h3-8,10H,9H2,1-2H3,(H,18,19)(H2,17,21,22)/t10-/m0/s1. The Morgan fingerprint density at radius 1 is 1.31 bits per heavy atom. The van der Waals surface area contributed by atoms with Crippen LogP contribution in [-0.4, -0.2) is 34.0 Å². The van der Waals surface area contributed by atoms with Gasteiger partial charge in [0.1, 0.15) is 11.3 Å². The van der Waals surface area contributed by atoms with Crippen molar-refractivity contribution in [3.63, 3.8) is 0 Å². The van der Waals surface area contributed by atoms with E-state index in [2.05, 4.69) is 5.32 Å². The van der Waals surface area contributed by atoms with Gasteiger partial charge in [0.05, 0.1) is 18.0 Å². The highest BCUT2D eigenvalue weighted by molar-refractivity contribution is 7.89. The fourth-order valence-corrected chi connectivity index (χ4v) is 3.40. The summed E-state index contributed by atoms with van der Waals surface area (Å²) in [6, 6.07) is 7.07. The van der Waals surface area contributed by atoms with Crippen molar-refractivity contribution in [2.45, 2.75) is 17.9 Å². The third kappa shape index (κ3) is 5.04. The molecule has 0 fully saturated rings. The number of carbonyl (C=O) groups is 2. The van der Waals surface area contributed by atoms with Crippen molar-refractivity contribution in [1.29, 1.82) is 0 Å². The molecule has 0 aliphatic heterocycles. The van der Waals surface area contributed by atoms with E-state index in [4.69, 9.17) is 14.6 Å². The zero-order valence-electron chi connectivity index (χ0n) is 14.1. The number of esters is 1. The average molecular weight is 398 g/mol. The maximum absolute atomic E-state index is 12.2. The molecule has 1 aromatic heterocycles. The molecule has 0 bridgehead atoms. The first-order valence-electron chi connectivity index (χ1n) is 7.43. The van der Waals surface area contributed by atoms with Crippen LogP contribution in [-0.2, 0) is 19.6 Å². The van der Waals surface area contributed by atoms with Crippen LogP contribution in [0.15, 0.2) is 40.6 Å². The Balaban J connectivity index is 2.04. The van der Waals surface area contributed by atoms with Gasteiger partial charge in [-0.1, -0.05) is 6.07 Å². The minimum Gasteiger partial charge on any atom is -0.496 e. The Labute approximate surface area is 155 Å². The second kappa shape index (κ2) is 8.30. The number of ether oxygens (including phenoxy) is 2. The minimum absolute atomic E-state index is 0.106. The molecule has 0 aliphatic carbocycles. The van der Waals surface area contributed by atoms with Crippen LogP contribution in [0.3, 0.4) is 0 Å². The molecule has 26 heavy (non-hydrogen) atoms. The molecule has 3 N–H and O–H groups in total. The van der Waals surface area contributed by atoms with Crippen molar-refractivity contribution in [1.82, 2.24) is 5.32 Å². The van der Waals surface area contributed by atoms with E-state index in [1.54, 1.807) is 0 Å². The van der Waals surface area contributed by atoms with Gasteiger partial charge in [-0.15, -0.1) is 11.3 Å². The van der Waals surface area contributed by atoms with Gasteiger partial charge in [-0.05, 0) is 36.6 Å². The molecule has 0 aliphatic rings. The quantitative estimate of drug-likeness (QED) is 0.680. The third-order valence-electron chi connectivity index (χ3n) is 3.40. The van der Waals surface area contributed by atoms with Crippen LogP contribution in [0.5, 0.6) is 5.75 Å². The predicted octanol–water partition coefficient (Wildman–Crippen LogP) is 1.44. The van der Waals surface area contributed by atoms with Crippen LogP contribution < -0.4 is 15.2 Å². The van der Waals surface area contributed by atoms with Gasteiger partial charge >= 0.3 is 5.97 Å². The lowest BCUT2D eigenvalue weighted by atomic mass is 10.2. The molecule has 0 unspecified atom stereocenters. The van der Waals surface area contributed by atoms with Crippen molar-refractivity contribution in [3.05, 3.63) is 46.2 Å². The second-order valence-corrected chi connectivity index (χ2v) is 7.83. The van der Waals surface area contributed by atoms with Gasteiger partial charge in [-0.2, -0.15) is 0 Å². The highest BCUT2D eigenvalue weighted by atomic mass is 32.2. The van der Waals surface area contributed by atoms with Gasteiger partial charge in [-0.3, -0.25) is 4.79 Å². The zero-order chi connectivity index (χ0) is 19.3. The molecule has 0 saturated heterocycles. The number of thiophene rings is 1. The molecule has 0 radical (unpaired) electrons. The van der Waals surface area contributed by atoms with E-state index in [-0.39, 0.29) is 22.3 Å². The Hall–Kier alpha value is -2.43. The molecular weight excluding hydrogens is 380 g/mol. The number of hydrogen-bond donors (Lipinski definition) is 2. The van der Waals surface area contributed by atoms with Crippen molar-refractivity contribution in [2.75, 3.05) is 13.7 Å². The van der Waals surface area contributed by atoms with Crippen molar-refractivity contribution < 1.29 is 27.5 Å². The monoisotopic (exact) mass is 398 g/mol. The molecule has 1 atom stereocenters. The summed E-state index contributed by atoms with van der Waals surface area (Å²) in [5.41, 5.74) is -0.141. The normalized spacial score (nSPS) is 12.3. The second-order valence-electron chi connectivity index (χ2n) is 5.29. The highest BCUT2D eigenvalue weighted by Crippen LogP contribution is 2.23. The van der Waals surface area contributed by atoms with Crippen LogP contribution in [0.4, 0.5) is 0 Å². The lowest BCUT2D eigenvalue weighted by Crippen LogP contribution is -2.30. The predicted molar refractivity (Wildman–Crippen MR) is 95.5 cm³/mol. The van der Waals surface area contributed by atoms with Gasteiger partial charge < -0.3 is 14.8 Å². The third-order valence-corrected chi connectivity index (χ3v) is 5.37. The maximum Gasteiger partial charge on any atom is 0.342 e. The number of nitrogens with two attached hydrogens (primary N) is 1. The fourth-order valence-electron chi connectivity index (χ4n) is 2.12. The van der Waals surface area contributed by atoms with Crippen molar-refractivity contribution >= 4 is 33.2 Å². The zero-order valence-corrected chi connectivity index (χ0v) is 15.7. The van der Waals surface area contributed by atoms with E-state index in [0.717, 1.165) is 10.9 Å². The van der Waals surface area contributed by atoms with E-state index in [1.807, 2.05) is 24.4 Å². The summed E-state index contributed by atoms with van der Waals surface area (Å²) >= 11 is 1.50. The molecule has 140 valence electrons. The molecule has 0 spiro atoms. The molecule has 1 amide bonds. The number of primary sulfonamides is 1. The number of rotatable bonds is 7. The van der Waals surface area contributed by atoms with Crippen LogP contribution >= 0.6 is 11.3 Å². The fraction of sp³-hybridized carbons (Fsp3) is 0.250. The highest BCUT2D eigenvalue weighted by Gasteiger charge is 2.20. The minimum atomic E-state index is -4.00. The van der Waals surface area contributed by atoms with E-state index < -0.39 is 28.5 Å². The van der Waals surface area contributed by atoms with Gasteiger partial charge in [-0.25, -0.2) is 18.4 Å². The van der Waals surface area contributed by atoms with Crippen molar-refractivity contribution in [3.8, 4) is 5.75 Å². The largest absolute Gasteiger partial charge is 0.496 e. The Kier molecular flexibility index (Phi) is 6.35. The van der Waals surface area contributed by atoms with E-state index in [1.165, 1.54) is 30.6 Å². The molecule has 1 aromatic carbocycles. The van der Waals surface area contributed by atoms with Gasteiger partial charge in [0.25, 0.3) is 5.91 Å². The topological polar surface area (TPSA) is 125 Å². The average Bonchev–Trinajstić information content (AvgIpc) is 3.13. The summed E-state index contributed by atoms with van der Waals surface area (Å²) in [6.45, 7) is 1.29. The number of sulfonamides is 1. The Morgan fingerprint density at radius 3 is 2.62 bits per heavy atom. The first-order valence-corrected chi connectivity index (χ1v) is 9.85. The van der Waals surface area contributed by atoms with Gasteiger partial charge in [0.15, 0.2) is 6.61 Å². The first kappa shape index (κ1) is 19.9. The summed E-state index contributed by atoms with van der Waals surface area (Å²) in [4.78, 5) is 24.8. The number of carbonyl (C=O) groups excluding carboxylic acids is 2. The van der Waals surface area contributed by atoms with E-state index >= 15 is 0 Å². The summed E-state index contributed by atoms with van der Waals surface area (Å²) in [5.74, 6) is -1.28. The van der Waals surface area contributed by atoms with Gasteiger partial charge in [0.2, 0.25) is 10.0 Å². The lowest BCUT2D eigenvalue weighted by Gasteiger charge is -2.13. The molecule has 2 rings (SSSR count). The Bertz CT molecular complexity index is 893.